The fraction of sp³-hybridized carbons (Fsp3) is 0.231. The van der Waals surface area contributed by atoms with Crippen molar-refractivity contribution in [1.82, 2.24) is 9.55 Å². The van der Waals surface area contributed by atoms with Gasteiger partial charge in [0.25, 0.3) is 0 Å². The van der Waals surface area contributed by atoms with Crippen LogP contribution in [0.15, 0.2) is 66.7 Å². The molecule has 0 spiro atoms. The Hall–Kier alpha value is -3.31. The molecule has 0 aliphatic carbocycles. The number of imidazole rings is 1. The maximum absolute atomic E-state index is 11.6. The van der Waals surface area contributed by atoms with Crippen molar-refractivity contribution < 1.29 is 14.3 Å². The van der Waals surface area contributed by atoms with Crippen molar-refractivity contribution in [2.45, 2.75) is 32.7 Å². The summed E-state index contributed by atoms with van der Waals surface area (Å²) in [5, 5.41) is 0.726. The van der Waals surface area contributed by atoms with Gasteiger partial charge in [0, 0.05) is 23.4 Å². The van der Waals surface area contributed by atoms with E-state index in [9.17, 15) is 4.79 Å². The van der Waals surface area contributed by atoms with Gasteiger partial charge in [-0.2, -0.15) is 0 Å². The Morgan fingerprint density at radius 1 is 1.06 bits per heavy atom. The fourth-order valence-electron chi connectivity index (χ4n) is 3.73. The number of hydrogen-bond donors (Lipinski definition) is 0. The number of halogens is 1. The van der Waals surface area contributed by atoms with Crippen LogP contribution in [0.25, 0.3) is 11.0 Å². The number of nitrogens with zero attached hydrogens (tertiary/aromatic N) is 2. The number of esters is 1. The first-order valence-corrected chi connectivity index (χ1v) is 11.0. The summed E-state index contributed by atoms with van der Waals surface area (Å²) in [6.07, 6.45) is 0.341. The van der Waals surface area contributed by atoms with Gasteiger partial charge in [-0.15, -0.1) is 0 Å². The van der Waals surface area contributed by atoms with Crippen molar-refractivity contribution in [2.24, 2.45) is 0 Å². The van der Waals surface area contributed by atoms with Crippen LogP contribution in [0.1, 0.15) is 43.1 Å². The van der Waals surface area contributed by atoms with E-state index in [1.54, 1.807) is 14.0 Å². The maximum atomic E-state index is 11.6. The normalized spacial score (nSPS) is 12.0. The van der Waals surface area contributed by atoms with Gasteiger partial charge in [-0.25, -0.2) is 4.98 Å². The lowest BCUT2D eigenvalue weighted by molar-refractivity contribution is -0.134. The third kappa shape index (κ3) is 4.48. The zero-order valence-electron chi connectivity index (χ0n) is 18.3. The van der Waals surface area contributed by atoms with Gasteiger partial charge in [-0.1, -0.05) is 55.8 Å². The van der Waals surface area contributed by atoms with Crippen molar-refractivity contribution >= 4 is 28.6 Å². The van der Waals surface area contributed by atoms with E-state index in [1.807, 2.05) is 66.7 Å². The summed E-state index contributed by atoms with van der Waals surface area (Å²) >= 11 is 6.46. The number of fused-ring (bicyclic) bond motifs is 1. The number of methoxy groups -OCH3 is 1. The SMILES string of the molecule is CCC(=O)Oc1ccc(C(C)c2nc3cc(OC)ccc3n2Cc2ccccc2Cl)cc1. The monoisotopic (exact) mass is 448 g/mol. The minimum atomic E-state index is -0.249. The van der Waals surface area contributed by atoms with Crippen molar-refractivity contribution in [2.75, 3.05) is 7.11 Å². The first-order valence-electron chi connectivity index (χ1n) is 10.6. The fourth-order valence-corrected chi connectivity index (χ4v) is 3.92. The van der Waals surface area contributed by atoms with Crippen LogP contribution in [0.4, 0.5) is 0 Å². The standard InChI is InChI=1S/C26H25ClN2O3/c1-4-25(30)32-20-11-9-18(10-12-20)17(2)26-28-23-15-21(31-3)13-14-24(23)29(26)16-19-7-5-6-8-22(19)27/h5-15,17H,4,16H2,1-3H3. The summed E-state index contributed by atoms with van der Waals surface area (Å²) in [6.45, 7) is 4.50. The van der Waals surface area contributed by atoms with Crippen molar-refractivity contribution in [1.29, 1.82) is 0 Å². The van der Waals surface area contributed by atoms with Gasteiger partial charge in [0.1, 0.15) is 17.3 Å². The van der Waals surface area contributed by atoms with Crippen LogP contribution in [-0.2, 0) is 11.3 Å². The Labute approximate surface area is 192 Å². The predicted octanol–water partition coefficient (Wildman–Crippen LogP) is 6.21. The summed E-state index contributed by atoms with van der Waals surface area (Å²) in [5.74, 6) is 1.99. The molecule has 1 atom stereocenters. The third-order valence-corrected chi connectivity index (χ3v) is 5.93. The van der Waals surface area contributed by atoms with Crippen molar-refractivity contribution in [3.8, 4) is 11.5 Å². The number of ether oxygens (including phenoxy) is 2. The molecule has 1 unspecified atom stereocenters. The number of hydrogen-bond acceptors (Lipinski definition) is 4. The van der Waals surface area contributed by atoms with Gasteiger partial charge in [0.15, 0.2) is 0 Å². The van der Waals surface area contributed by atoms with Crippen LogP contribution >= 0.6 is 11.6 Å². The van der Waals surface area contributed by atoms with E-state index in [-0.39, 0.29) is 11.9 Å². The van der Waals surface area contributed by atoms with Crippen molar-refractivity contribution in [3.63, 3.8) is 0 Å². The lowest BCUT2D eigenvalue weighted by Gasteiger charge is -2.16. The van der Waals surface area contributed by atoms with Crippen LogP contribution in [0.5, 0.6) is 11.5 Å². The summed E-state index contributed by atoms with van der Waals surface area (Å²) in [4.78, 5) is 16.5. The lowest BCUT2D eigenvalue weighted by atomic mass is 10.00. The van der Waals surface area contributed by atoms with E-state index in [0.717, 1.165) is 38.8 Å². The van der Waals surface area contributed by atoms with Crippen LogP contribution < -0.4 is 9.47 Å². The summed E-state index contributed by atoms with van der Waals surface area (Å²) < 4.78 is 12.9. The molecule has 5 nitrogen and oxygen atoms in total. The maximum Gasteiger partial charge on any atom is 0.310 e. The zero-order chi connectivity index (χ0) is 22.7. The smallest absolute Gasteiger partial charge is 0.310 e. The molecule has 0 radical (unpaired) electrons. The Morgan fingerprint density at radius 2 is 1.78 bits per heavy atom. The minimum absolute atomic E-state index is 0.00630. The first kappa shape index (κ1) is 21.9. The second kappa shape index (κ2) is 9.45. The molecule has 0 aliphatic heterocycles. The molecule has 164 valence electrons. The molecule has 1 heterocycles. The molecule has 0 bridgehead atoms. The number of aromatic nitrogens is 2. The van der Waals surface area contributed by atoms with Crippen LogP contribution in [0.3, 0.4) is 0 Å². The lowest BCUT2D eigenvalue weighted by Crippen LogP contribution is -2.10. The number of carbonyl (C=O) groups excluding carboxylic acids is 1. The van der Waals surface area contributed by atoms with Gasteiger partial charge in [-0.05, 0) is 41.5 Å². The highest BCUT2D eigenvalue weighted by Crippen LogP contribution is 2.31. The molecule has 4 rings (SSSR count). The molecule has 6 heteroatoms. The Bertz CT molecular complexity index is 1250. The highest BCUT2D eigenvalue weighted by molar-refractivity contribution is 6.31. The van der Waals surface area contributed by atoms with E-state index in [0.29, 0.717) is 18.7 Å². The number of rotatable bonds is 7. The third-order valence-electron chi connectivity index (χ3n) is 5.56. The molecule has 3 aromatic carbocycles. The molecule has 0 fully saturated rings. The van der Waals surface area contributed by atoms with Gasteiger partial charge in [0.2, 0.25) is 0 Å². The van der Waals surface area contributed by atoms with Crippen LogP contribution in [-0.4, -0.2) is 22.6 Å². The van der Waals surface area contributed by atoms with Gasteiger partial charge >= 0.3 is 5.97 Å². The molecule has 0 amide bonds. The zero-order valence-corrected chi connectivity index (χ0v) is 19.1. The van der Waals surface area contributed by atoms with Gasteiger partial charge in [0.05, 0.1) is 24.7 Å². The second-order valence-corrected chi connectivity index (χ2v) is 8.03. The molecular weight excluding hydrogens is 424 g/mol. The van der Waals surface area contributed by atoms with E-state index in [2.05, 4.69) is 11.5 Å². The van der Waals surface area contributed by atoms with Crippen molar-refractivity contribution in [3.05, 3.63) is 88.7 Å². The topological polar surface area (TPSA) is 53.4 Å². The van der Waals surface area contributed by atoms with E-state index < -0.39 is 0 Å². The largest absolute Gasteiger partial charge is 0.497 e. The first-order chi connectivity index (χ1) is 15.5. The quantitative estimate of drug-likeness (QED) is 0.249. The summed E-state index contributed by atoms with van der Waals surface area (Å²) in [7, 11) is 1.65. The van der Waals surface area contributed by atoms with Gasteiger partial charge in [-0.3, -0.25) is 4.79 Å². The summed E-state index contributed by atoms with van der Waals surface area (Å²) in [5.41, 5.74) is 3.98. The summed E-state index contributed by atoms with van der Waals surface area (Å²) in [6, 6.07) is 21.4. The number of benzene rings is 3. The molecule has 0 saturated heterocycles. The molecule has 4 aromatic rings. The highest BCUT2D eigenvalue weighted by Gasteiger charge is 2.20. The Kier molecular flexibility index (Phi) is 6.47. The second-order valence-electron chi connectivity index (χ2n) is 7.62. The molecule has 0 N–H and O–H groups in total. The molecule has 1 aromatic heterocycles. The average Bonchev–Trinajstić information content (AvgIpc) is 3.17. The van der Waals surface area contributed by atoms with E-state index >= 15 is 0 Å². The molecular formula is C26H25ClN2O3. The van der Waals surface area contributed by atoms with E-state index in [4.69, 9.17) is 26.1 Å². The molecule has 0 saturated carbocycles. The Morgan fingerprint density at radius 3 is 2.47 bits per heavy atom. The average molecular weight is 449 g/mol. The van der Waals surface area contributed by atoms with E-state index in [1.165, 1.54) is 0 Å². The Balaban J connectivity index is 1.74. The van der Waals surface area contributed by atoms with Crippen LogP contribution in [0.2, 0.25) is 5.02 Å². The molecule has 0 aliphatic rings. The predicted molar refractivity (Wildman–Crippen MR) is 127 cm³/mol. The highest BCUT2D eigenvalue weighted by atomic mass is 35.5. The van der Waals surface area contributed by atoms with Gasteiger partial charge < -0.3 is 14.0 Å². The van der Waals surface area contributed by atoms with Crippen LogP contribution in [0, 0.1) is 0 Å². The number of carbonyl (C=O) groups is 1. The molecule has 32 heavy (non-hydrogen) atoms. The minimum Gasteiger partial charge on any atom is -0.497 e.